The average molecular weight is 827 g/mol. The lowest BCUT2D eigenvalue weighted by molar-refractivity contribution is -0.384. The molecule has 4 rings (SSSR count). The van der Waals surface area contributed by atoms with Gasteiger partial charge in [0.15, 0.2) is 6.29 Å². The summed E-state index contributed by atoms with van der Waals surface area (Å²) < 4.78 is 40.5. The maximum Gasteiger partial charge on any atom is 0.408 e. The third kappa shape index (κ3) is 13.1. The van der Waals surface area contributed by atoms with Crippen LogP contribution in [0.15, 0.2) is 36.1 Å². The molecule has 1 saturated carbocycles. The van der Waals surface area contributed by atoms with Crippen LogP contribution in [0.5, 0.6) is 0 Å². The number of carbonyl (C=O) groups is 3. The fraction of sp³-hybridized carbons (Fsp3) is 0.703. The molecule has 3 amide bonds. The Hall–Kier alpha value is -4.35. The molecule has 3 aliphatic rings. The summed E-state index contributed by atoms with van der Waals surface area (Å²) in [5.41, 5.74) is 3.75. The normalized spacial score (nSPS) is 31.5. The molecule has 11 unspecified atom stereocenters. The van der Waals surface area contributed by atoms with Gasteiger partial charge < -0.3 is 75.5 Å². The first-order valence-electron chi connectivity index (χ1n) is 18.9. The Kier molecular flexibility index (Phi) is 15.3. The van der Waals surface area contributed by atoms with E-state index in [2.05, 4.69) is 21.3 Å². The van der Waals surface area contributed by atoms with Gasteiger partial charge in [-0.05, 0) is 92.1 Å². The smallest absolute Gasteiger partial charge is 0.408 e. The summed E-state index contributed by atoms with van der Waals surface area (Å²) in [5.74, 6) is 0.190. The fourth-order valence-corrected chi connectivity index (χ4v) is 6.62. The van der Waals surface area contributed by atoms with Crippen molar-refractivity contribution in [3.8, 4) is 0 Å². The number of likely N-dealkylation sites (N-methyl/N-ethyl adjacent to an activating group) is 1. The van der Waals surface area contributed by atoms with Crippen LogP contribution >= 0.6 is 0 Å². The van der Waals surface area contributed by atoms with Crippen LogP contribution in [0.25, 0.3) is 0 Å². The second-order valence-electron chi connectivity index (χ2n) is 16.6. The van der Waals surface area contributed by atoms with Gasteiger partial charge in [-0.25, -0.2) is 14.4 Å². The number of nitrogens with zero attached hydrogens (tertiary/aromatic N) is 1. The van der Waals surface area contributed by atoms with E-state index in [1.165, 1.54) is 31.2 Å². The molecule has 1 aromatic carbocycles. The first-order valence-corrected chi connectivity index (χ1v) is 18.9. The molecular weight excluding hydrogens is 768 g/mol. The lowest BCUT2D eigenvalue weighted by Gasteiger charge is -2.48. The van der Waals surface area contributed by atoms with Crippen molar-refractivity contribution in [2.75, 3.05) is 20.2 Å². The molecule has 21 heteroatoms. The number of nitrogens with one attached hydrogen (secondary N) is 4. The number of rotatable bonds is 12. The maximum atomic E-state index is 13.1. The predicted molar refractivity (Wildman–Crippen MR) is 203 cm³/mol. The number of carbonyl (C=O) groups excluding carboxylic acids is 3. The number of aliphatic hydroxyl groups excluding tert-OH is 2. The van der Waals surface area contributed by atoms with Crippen molar-refractivity contribution >= 4 is 24.0 Å². The minimum atomic E-state index is -1.62. The molecule has 11 atom stereocenters. The number of hydrogen-bond donors (Lipinski definition) is 8. The van der Waals surface area contributed by atoms with Crippen LogP contribution in [0.3, 0.4) is 0 Å². The quantitative estimate of drug-likeness (QED) is 0.0833. The summed E-state index contributed by atoms with van der Waals surface area (Å²) >= 11 is 0. The number of amides is 3. The van der Waals surface area contributed by atoms with E-state index >= 15 is 0 Å². The third-order valence-electron chi connectivity index (χ3n) is 9.27. The van der Waals surface area contributed by atoms with Gasteiger partial charge in [0.1, 0.15) is 53.6 Å². The number of nitro benzene ring substituents is 1. The molecule has 58 heavy (non-hydrogen) atoms. The highest BCUT2D eigenvalue weighted by Crippen LogP contribution is 2.32. The van der Waals surface area contributed by atoms with Crippen molar-refractivity contribution in [2.45, 2.75) is 146 Å². The Morgan fingerprint density at radius 2 is 1.52 bits per heavy atom. The first kappa shape index (κ1) is 46.3. The van der Waals surface area contributed by atoms with Crippen molar-refractivity contribution in [1.82, 2.24) is 21.3 Å². The summed E-state index contributed by atoms with van der Waals surface area (Å²) in [6.07, 6.45) is -9.15. The summed E-state index contributed by atoms with van der Waals surface area (Å²) in [6, 6.07) is 1.71. The van der Waals surface area contributed by atoms with E-state index in [9.17, 15) is 39.8 Å². The van der Waals surface area contributed by atoms with Crippen molar-refractivity contribution < 1.29 is 67.8 Å². The lowest BCUT2D eigenvalue weighted by Crippen LogP contribution is -2.69. The molecule has 1 aromatic rings. The number of alkyl carbamates (subject to hydrolysis) is 3. The monoisotopic (exact) mass is 826 g/mol. The zero-order chi connectivity index (χ0) is 43.2. The van der Waals surface area contributed by atoms with Gasteiger partial charge in [0.05, 0.1) is 36.2 Å². The molecule has 0 aromatic heterocycles. The number of non-ortho nitro benzene ring substituents is 1. The van der Waals surface area contributed by atoms with Gasteiger partial charge in [-0.2, -0.15) is 0 Å². The molecule has 2 heterocycles. The van der Waals surface area contributed by atoms with Crippen LogP contribution < -0.4 is 27.0 Å². The van der Waals surface area contributed by atoms with Crippen molar-refractivity contribution in [1.29, 1.82) is 0 Å². The third-order valence-corrected chi connectivity index (χ3v) is 9.27. The molecule has 2 aliphatic heterocycles. The molecule has 21 nitrogen and oxygen atoms in total. The second-order valence-corrected chi connectivity index (χ2v) is 16.6. The van der Waals surface area contributed by atoms with E-state index in [1.807, 2.05) is 0 Å². The van der Waals surface area contributed by atoms with Gasteiger partial charge in [-0.3, -0.25) is 10.1 Å². The van der Waals surface area contributed by atoms with Crippen molar-refractivity contribution in [3.63, 3.8) is 0 Å². The van der Waals surface area contributed by atoms with Crippen molar-refractivity contribution in [2.24, 2.45) is 5.73 Å². The molecule has 0 bridgehead atoms. The van der Waals surface area contributed by atoms with Gasteiger partial charge in [0.2, 0.25) is 6.29 Å². The molecule has 1 saturated heterocycles. The summed E-state index contributed by atoms with van der Waals surface area (Å²) in [5, 5.41) is 55.5. The highest BCUT2D eigenvalue weighted by molar-refractivity contribution is 5.69. The van der Waals surface area contributed by atoms with E-state index in [0.29, 0.717) is 5.56 Å². The van der Waals surface area contributed by atoms with Gasteiger partial charge in [-0.1, -0.05) is 0 Å². The van der Waals surface area contributed by atoms with Crippen LogP contribution in [0, 0.1) is 10.1 Å². The topological polar surface area (TPSA) is 294 Å². The Bertz CT molecular complexity index is 1610. The number of aliphatic hydroxyl groups is 3. The number of ether oxygens (including phenoxy) is 7. The first-order chi connectivity index (χ1) is 27.0. The average Bonchev–Trinajstić information content (AvgIpc) is 3.10. The Balaban J connectivity index is 1.55. The van der Waals surface area contributed by atoms with Crippen LogP contribution in [0.2, 0.25) is 0 Å². The summed E-state index contributed by atoms with van der Waals surface area (Å²) in [4.78, 5) is 49.0. The van der Waals surface area contributed by atoms with Crippen molar-refractivity contribution in [3.05, 3.63) is 51.8 Å². The predicted octanol–water partition coefficient (Wildman–Crippen LogP) is 1.16. The molecular formula is C37H58N6O15. The molecule has 9 N–H and O–H groups in total. The van der Waals surface area contributed by atoms with E-state index in [4.69, 9.17) is 38.9 Å². The van der Waals surface area contributed by atoms with E-state index in [1.54, 1.807) is 54.7 Å². The number of nitro groups is 1. The second kappa shape index (κ2) is 19.1. The molecule has 326 valence electrons. The summed E-state index contributed by atoms with van der Waals surface area (Å²) in [6.45, 7) is 11.0. The van der Waals surface area contributed by atoms with Gasteiger partial charge in [0.25, 0.3) is 5.69 Å². The van der Waals surface area contributed by atoms with Crippen LogP contribution in [0.1, 0.15) is 66.9 Å². The maximum absolute atomic E-state index is 13.1. The van der Waals surface area contributed by atoms with Gasteiger partial charge >= 0.3 is 18.3 Å². The summed E-state index contributed by atoms with van der Waals surface area (Å²) in [7, 11) is 1.55. The van der Waals surface area contributed by atoms with Crippen LogP contribution in [0.4, 0.5) is 20.1 Å². The largest absolute Gasteiger partial charge is 0.465 e. The Morgan fingerprint density at radius 1 is 0.931 bits per heavy atom. The zero-order valence-corrected chi connectivity index (χ0v) is 34.0. The lowest BCUT2D eigenvalue weighted by atomic mass is 9.83. The standard InChI is InChI=1S/C37H58N6O15/c1-35(2,3)57-33(47)41-23-14-13-21(16-40-32(46)52-17-19-9-11-20(12-10-19)43(50)51)54-30(23)56-28-24(42-34(48)58-36(4,5)6)15-22(38)27(25(28)44)55-31-26(45)29(39-8)37(7,49)18-53-31/h9-13,22-31,39,44-45,49H,14-18,38H2,1-8H3,(H,40,46)(H,41,47)(H,42,48). The van der Waals surface area contributed by atoms with E-state index in [-0.39, 0.29) is 44.0 Å². The van der Waals surface area contributed by atoms with Crippen LogP contribution in [-0.4, -0.2) is 137 Å². The molecule has 0 radical (unpaired) electrons. The minimum Gasteiger partial charge on any atom is -0.465 e. The van der Waals surface area contributed by atoms with E-state index in [0.717, 1.165) is 0 Å². The Labute approximate surface area is 336 Å². The molecule has 2 fully saturated rings. The SMILES string of the molecule is CNC1C(O)C(OC2C(N)CC(NC(=O)OC(C)(C)C)C(OC3OC(CNC(=O)OCc4ccc([N+](=O)[O-])cc4)=CCC3NC(=O)OC(C)(C)C)C2O)OCC1(C)O. The Morgan fingerprint density at radius 3 is 2.09 bits per heavy atom. The van der Waals surface area contributed by atoms with Crippen LogP contribution in [-0.2, 0) is 39.8 Å². The highest BCUT2D eigenvalue weighted by atomic mass is 16.7. The minimum absolute atomic E-state index is 0.0383. The number of nitrogens with two attached hydrogens (primary N) is 1. The van der Waals surface area contributed by atoms with E-state index < -0.39 is 101 Å². The molecule has 0 spiro atoms. The number of benzene rings is 1. The molecule has 1 aliphatic carbocycles. The van der Waals surface area contributed by atoms with Gasteiger partial charge in [0, 0.05) is 18.2 Å². The highest BCUT2D eigenvalue weighted by Gasteiger charge is 2.52. The zero-order valence-electron chi connectivity index (χ0n) is 34.0. The fourth-order valence-electron chi connectivity index (χ4n) is 6.62. The van der Waals surface area contributed by atoms with Gasteiger partial charge in [-0.15, -0.1) is 0 Å². The number of hydrogen-bond acceptors (Lipinski definition) is 17.